The molecule has 0 spiro atoms. The molecule has 0 saturated carbocycles. The van der Waals surface area contributed by atoms with Gasteiger partial charge in [0.15, 0.2) is 17.2 Å². The van der Waals surface area contributed by atoms with Gasteiger partial charge in [-0.1, -0.05) is 60.7 Å². The van der Waals surface area contributed by atoms with Crippen molar-refractivity contribution < 1.29 is 29.3 Å². The molecule has 2 N–H and O–H groups in total. The Balaban J connectivity index is 1.62. The van der Waals surface area contributed by atoms with Crippen molar-refractivity contribution in [2.24, 2.45) is 0 Å². The lowest BCUT2D eigenvalue weighted by Gasteiger charge is -2.22. The molecule has 3 aromatic carbocycles. The molecule has 1 aromatic heterocycles. The fraction of sp³-hybridized carbons (Fsp3) is 0.107. The molecule has 0 aliphatic rings. The van der Waals surface area contributed by atoms with Crippen LogP contribution in [0.5, 0.6) is 5.75 Å². The number of ether oxygens (including phenoxy) is 1. The molecule has 37 heavy (non-hydrogen) atoms. The lowest BCUT2D eigenvalue weighted by atomic mass is 10.0. The Kier molecular flexibility index (Phi) is 8.05. The second kappa shape index (κ2) is 11.4. The number of hydrogen-bond donors (Lipinski definition) is 2. The minimum Gasteiger partial charge on any atom is -0.479 e. The Bertz CT molecular complexity index is 1450. The number of carbonyl (C=O) groups excluding carboxylic acids is 1. The number of thiophene rings is 1. The van der Waals surface area contributed by atoms with E-state index in [4.69, 9.17) is 9.84 Å². The monoisotopic (exact) mass is 579 g/mol. The van der Waals surface area contributed by atoms with Crippen molar-refractivity contribution in [3.8, 4) is 27.3 Å². The van der Waals surface area contributed by atoms with E-state index >= 15 is 0 Å². The Morgan fingerprint density at radius 1 is 0.892 bits per heavy atom. The highest BCUT2D eigenvalue weighted by Crippen LogP contribution is 2.45. The summed E-state index contributed by atoms with van der Waals surface area (Å²) < 4.78 is 5.62. The second-order valence-electron chi connectivity index (χ2n) is 8.11. The average Bonchev–Trinajstić information content (AvgIpc) is 3.23. The lowest BCUT2D eigenvalue weighted by Crippen LogP contribution is -2.27. The van der Waals surface area contributed by atoms with E-state index in [9.17, 15) is 19.5 Å². The van der Waals surface area contributed by atoms with Crippen LogP contribution in [0.25, 0.3) is 21.6 Å². The summed E-state index contributed by atoms with van der Waals surface area (Å²) in [5.41, 5.74) is 4.44. The number of rotatable bonds is 9. The second-order valence-corrected chi connectivity index (χ2v) is 9.92. The van der Waals surface area contributed by atoms with Crippen molar-refractivity contribution in [2.45, 2.75) is 13.5 Å². The summed E-state index contributed by atoms with van der Waals surface area (Å²) in [6.45, 7) is 1.16. The Morgan fingerprint density at radius 2 is 1.54 bits per heavy atom. The molecule has 1 amide bonds. The van der Waals surface area contributed by atoms with Crippen molar-refractivity contribution in [3.63, 3.8) is 0 Å². The molecular weight excluding hydrogens is 558 g/mol. The number of amides is 1. The van der Waals surface area contributed by atoms with Crippen LogP contribution in [-0.2, 0) is 16.1 Å². The number of nitrogens with zero attached hydrogens (tertiary/aromatic N) is 1. The molecule has 0 unspecified atom stereocenters. The van der Waals surface area contributed by atoms with Crippen molar-refractivity contribution in [1.82, 2.24) is 0 Å². The lowest BCUT2D eigenvalue weighted by molar-refractivity contribution is -0.139. The van der Waals surface area contributed by atoms with Crippen LogP contribution in [0.2, 0.25) is 0 Å². The van der Waals surface area contributed by atoms with Gasteiger partial charge >= 0.3 is 11.9 Å². The van der Waals surface area contributed by atoms with E-state index in [2.05, 4.69) is 15.9 Å². The maximum atomic E-state index is 12.6. The zero-order valence-electron chi connectivity index (χ0n) is 19.7. The minimum atomic E-state index is -1.21. The first kappa shape index (κ1) is 26.1. The number of carboxylic acids is 2. The first-order valence-corrected chi connectivity index (χ1v) is 12.8. The molecular formula is C28H22BrNO6S. The molecule has 1 heterocycles. The predicted octanol–water partition coefficient (Wildman–Crippen LogP) is 6.56. The number of anilines is 1. The average molecular weight is 580 g/mol. The first-order chi connectivity index (χ1) is 17.7. The fourth-order valence-electron chi connectivity index (χ4n) is 3.83. The van der Waals surface area contributed by atoms with Gasteiger partial charge in [-0.2, -0.15) is 0 Å². The molecule has 0 bridgehead atoms. The summed E-state index contributed by atoms with van der Waals surface area (Å²) in [6.07, 6.45) is 0. The molecule has 0 atom stereocenters. The van der Waals surface area contributed by atoms with Gasteiger partial charge < -0.3 is 19.8 Å². The van der Waals surface area contributed by atoms with Crippen LogP contribution in [0.15, 0.2) is 83.3 Å². The number of hydrogen-bond acceptors (Lipinski definition) is 5. The molecule has 0 fully saturated rings. The summed E-state index contributed by atoms with van der Waals surface area (Å²) in [6, 6.07) is 25.2. The van der Waals surface area contributed by atoms with Crippen molar-refractivity contribution >= 4 is 50.8 Å². The van der Waals surface area contributed by atoms with Crippen LogP contribution in [0.3, 0.4) is 0 Å². The fourth-order valence-corrected chi connectivity index (χ4v) is 5.72. The largest absolute Gasteiger partial charge is 0.479 e. The number of aromatic carboxylic acids is 1. The summed E-state index contributed by atoms with van der Waals surface area (Å²) in [4.78, 5) is 37.4. The molecule has 9 heteroatoms. The number of aliphatic carboxylic acids is 1. The van der Waals surface area contributed by atoms with Gasteiger partial charge in [0.05, 0.1) is 15.9 Å². The number of benzene rings is 3. The summed E-state index contributed by atoms with van der Waals surface area (Å²) in [7, 11) is 0. The standard InChI is InChI=1S/C28H22BrNO6S/c1-17(31)30(22-12-10-20(11-13-22)19-7-3-2-4-8-19)15-18-6-5-9-21(14-18)26-24(29)25(36-16-23(32)33)27(37-26)28(34)35/h2-14H,15-16H2,1H3,(H,32,33)(H,34,35). The molecule has 4 rings (SSSR count). The highest BCUT2D eigenvalue weighted by Gasteiger charge is 2.24. The molecule has 188 valence electrons. The SMILES string of the molecule is CC(=O)N(Cc1cccc(-c2sc(C(=O)O)c(OCC(=O)O)c2Br)c1)c1ccc(-c2ccccc2)cc1. The van der Waals surface area contributed by atoms with Gasteiger partial charge in [0.25, 0.3) is 0 Å². The zero-order chi connectivity index (χ0) is 26.5. The maximum absolute atomic E-state index is 12.6. The van der Waals surface area contributed by atoms with Gasteiger partial charge in [0, 0.05) is 12.6 Å². The van der Waals surface area contributed by atoms with Crippen molar-refractivity contribution in [2.75, 3.05) is 11.5 Å². The molecule has 0 aliphatic carbocycles. The van der Waals surface area contributed by atoms with Gasteiger partial charge in [-0.05, 0) is 56.4 Å². The van der Waals surface area contributed by atoms with Crippen molar-refractivity contribution in [3.05, 3.63) is 93.8 Å². The normalized spacial score (nSPS) is 10.6. The highest BCUT2D eigenvalue weighted by atomic mass is 79.9. The van der Waals surface area contributed by atoms with Gasteiger partial charge in [0.2, 0.25) is 5.91 Å². The minimum absolute atomic E-state index is 0.0239. The van der Waals surface area contributed by atoms with E-state index in [0.717, 1.165) is 33.7 Å². The Morgan fingerprint density at radius 3 is 2.16 bits per heavy atom. The topological polar surface area (TPSA) is 104 Å². The van der Waals surface area contributed by atoms with E-state index in [1.807, 2.05) is 78.9 Å². The van der Waals surface area contributed by atoms with Crippen LogP contribution < -0.4 is 9.64 Å². The van der Waals surface area contributed by atoms with E-state index in [1.165, 1.54) is 6.92 Å². The zero-order valence-corrected chi connectivity index (χ0v) is 22.1. The van der Waals surface area contributed by atoms with Gasteiger partial charge in [-0.25, -0.2) is 9.59 Å². The molecule has 0 saturated heterocycles. The number of halogens is 1. The highest BCUT2D eigenvalue weighted by molar-refractivity contribution is 9.10. The van der Waals surface area contributed by atoms with Crippen molar-refractivity contribution in [1.29, 1.82) is 0 Å². The van der Waals surface area contributed by atoms with Crippen LogP contribution >= 0.6 is 27.3 Å². The molecule has 4 aromatic rings. The summed E-state index contributed by atoms with van der Waals surface area (Å²) >= 11 is 4.37. The van der Waals surface area contributed by atoms with Crippen LogP contribution in [0.1, 0.15) is 22.2 Å². The molecule has 0 aliphatic heterocycles. The van der Waals surface area contributed by atoms with E-state index in [-0.39, 0.29) is 16.5 Å². The van der Waals surface area contributed by atoms with E-state index in [0.29, 0.717) is 21.5 Å². The van der Waals surface area contributed by atoms with Gasteiger partial charge in [-0.3, -0.25) is 4.79 Å². The van der Waals surface area contributed by atoms with Crippen LogP contribution in [0.4, 0.5) is 5.69 Å². The third-order valence-corrected chi connectivity index (χ3v) is 7.77. The van der Waals surface area contributed by atoms with E-state index < -0.39 is 18.5 Å². The van der Waals surface area contributed by atoms with E-state index in [1.54, 1.807) is 4.90 Å². The number of carbonyl (C=O) groups is 3. The maximum Gasteiger partial charge on any atom is 0.349 e. The quantitative estimate of drug-likeness (QED) is 0.233. The van der Waals surface area contributed by atoms with Crippen LogP contribution in [-0.4, -0.2) is 34.7 Å². The summed E-state index contributed by atoms with van der Waals surface area (Å²) in [5, 5.41) is 18.5. The van der Waals surface area contributed by atoms with Gasteiger partial charge in [0.1, 0.15) is 0 Å². The van der Waals surface area contributed by atoms with Gasteiger partial charge in [-0.15, -0.1) is 11.3 Å². The third kappa shape index (κ3) is 6.07. The summed E-state index contributed by atoms with van der Waals surface area (Å²) in [5.74, 6) is -2.56. The third-order valence-electron chi connectivity index (χ3n) is 5.54. The smallest absolute Gasteiger partial charge is 0.349 e. The first-order valence-electron chi connectivity index (χ1n) is 11.2. The Hall–Kier alpha value is -3.95. The number of carboxylic acid groups (broad SMARTS) is 2. The molecule has 0 radical (unpaired) electrons. The Labute approximate surface area is 225 Å². The molecule has 7 nitrogen and oxygen atoms in total. The predicted molar refractivity (Wildman–Crippen MR) is 146 cm³/mol. The van der Waals surface area contributed by atoms with Crippen LogP contribution in [0, 0.1) is 0 Å².